The smallest absolute Gasteiger partial charge is 0.138 e. The lowest BCUT2D eigenvalue weighted by molar-refractivity contribution is 0.0719. The van der Waals surface area contributed by atoms with Crippen molar-refractivity contribution in [3.8, 4) is 0 Å². The number of hydrogen-bond acceptors (Lipinski definition) is 6. The van der Waals surface area contributed by atoms with Crippen LogP contribution in [0.1, 0.15) is 25.2 Å². The van der Waals surface area contributed by atoms with Crippen molar-refractivity contribution in [3.05, 3.63) is 39.7 Å². The Bertz CT molecular complexity index is 735. The summed E-state index contributed by atoms with van der Waals surface area (Å²) in [4.78, 5) is 10.1. The molecule has 6 heteroatoms. The van der Waals surface area contributed by atoms with Gasteiger partial charge in [0, 0.05) is 13.0 Å². The number of aryl methyl sites for hydroxylation is 1. The van der Waals surface area contributed by atoms with E-state index in [0.717, 1.165) is 33.8 Å². The molecule has 0 aromatic carbocycles. The molecule has 0 saturated heterocycles. The third kappa shape index (κ3) is 2.92. The van der Waals surface area contributed by atoms with E-state index in [4.69, 9.17) is 0 Å². The van der Waals surface area contributed by atoms with Gasteiger partial charge < -0.3 is 10.4 Å². The van der Waals surface area contributed by atoms with Gasteiger partial charge in [-0.2, -0.15) is 11.3 Å². The SMILES string of the molecule is CCc1nc(NCC(C)(O)c2ccsc2)c2ccsc2n1. The molecular formula is C15H17N3OS2. The lowest BCUT2D eigenvalue weighted by Crippen LogP contribution is -2.30. The molecule has 4 nitrogen and oxygen atoms in total. The van der Waals surface area contributed by atoms with Gasteiger partial charge in [0.1, 0.15) is 22.1 Å². The highest BCUT2D eigenvalue weighted by Gasteiger charge is 2.24. The molecule has 1 unspecified atom stereocenters. The maximum Gasteiger partial charge on any atom is 0.138 e. The lowest BCUT2D eigenvalue weighted by Gasteiger charge is -2.23. The summed E-state index contributed by atoms with van der Waals surface area (Å²) in [6, 6.07) is 3.96. The molecule has 0 aliphatic carbocycles. The Kier molecular flexibility index (Phi) is 3.93. The summed E-state index contributed by atoms with van der Waals surface area (Å²) in [6.45, 7) is 4.27. The maximum absolute atomic E-state index is 10.6. The van der Waals surface area contributed by atoms with E-state index in [1.54, 1.807) is 22.7 Å². The normalized spacial score (nSPS) is 14.2. The summed E-state index contributed by atoms with van der Waals surface area (Å²) >= 11 is 3.20. The third-order valence-electron chi connectivity index (χ3n) is 3.43. The summed E-state index contributed by atoms with van der Waals surface area (Å²) < 4.78 is 0. The fourth-order valence-corrected chi connectivity index (χ4v) is 3.69. The standard InChI is InChI=1S/C15H17N3OS2/c1-3-12-17-13(11-5-7-21-14(11)18-12)16-9-15(2,19)10-4-6-20-8-10/h4-8,19H,3,9H2,1-2H3,(H,16,17,18). The molecule has 3 aromatic rings. The first-order valence-corrected chi connectivity index (χ1v) is 8.65. The van der Waals surface area contributed by atoms with Crippen molar-refractivity contribution in [3.63, 3.8) is 0 Å². The van der Waals surface area contributed by atoms with E-state index in [2.05, 4.69) is 15.3 Å². The molecule has 0 radical (unpaired) electrons. The van der Waals surface area contributed by atoms with E-state index in [-0.39, 0.29) is 0 Å². The van der Waals surface area contributed by atoms with E-state index in [1.165, 1.54) is 0 Å². The monoisotopic (exact) mass is 319 g/mol. The van der Waals surface area contributed by atoms with Gasteiger partial charge in [-0.25, -0.2) is 9.97 Å². The molecule has 0 spiro atoms. The Morgan fingerprint density at radius 2 is 2.14 bits per heavy atom. The second-order valence-electron chi connectivity index (χ2n) is 5.12. The van der Waals surface area contributed by atoms with Gasteiger partial charge in [-0.3, -0.25) is 0 Å². The number of hydrogen-bond donors (Lipinski definition) is 2. The van der Waals surface area contributed by atoms with E-state index >= 15 is 0 Å². The van der Waals surface area contributed by atoms with Gasteiger partial charge in [-0.05, 0) is 40.8 Å². The number of nitrogens with zero attached hydrogens (tertiary/aromatic N) is 2. The molecule has 0 aliphatic heterocycles. The molecule has 3 heterocycles. The number of nitrogens with one attached hydrogen (secondary N) is 1. The van der Waals surface area contributed by atoms with Gasteiger partial charge in [-0.15, -0.1) is 11.3 Å². The molecular weight excluding hydrogens is 302 g/mol. The van der Waals surface area contributed by atoms with E-state index < -0.39 is 5.60 Å². The van der Waals surface area contributed by atoms with Gasteiger partial charge in [0.2, 0.25) is 0 Å². The van der Waals surface area contributed by atoms with Crippen molar-refractivity contribution >= 4 is 38.7 Å². The zero-order chi connectivity index (χ0) is 14.9. The first-order valence-electron chi connectivity index (χ1n) is 6.83. The summed E-state index contributed by atoms with van der Waals surface area (Å²) in [6.07, 6.45) is 0.795. The number of aromatic nitrogens is 2. The molecule has 21 heavy (non-hydrogen) atoms. The highest BCUT2D eigenvalue weighted by atomic mass is 32.1. The Labute approximate surface area is 131 Å². The van der Waals surface area contributed by atoms with E-state index in [1.807, 2.05) is 42.1 Å². The lowest BCUT2D eigenvalue weighted by atomic mass is 9.99. The van der Waals surface area contributed by atoms with Crippen LogP contribution in [0.15, 0.2) is 28.3 Å². The topological polar surface area (TPSA) is 58.0 Å². The summed E-state index contributed by atoms with van der Waals surface area (Å²) in [5, 5.41) is 20.8. The Hall–Kier alpha value is -1.50. The minimum atomic E-state index is -0.917. The predicted molar refractivity (Wildman–Crippen MR) is 89.2 cm³/mol. The number of thiophene rings is 2. The van der Waals surface area contributed by atoms with Crippen LogP contribution in [0, 0.1) is 0 Å². The molecule has 0 amide bonds. The molecule has 0 saturated carbocycles. The molecule has 0 fully saturated rings. The van der Waals surface area contributed by atoms with Gasteiger partial charge in [0.15, 0.2) is 0 Å². The van der Waals surface area contributed by atoms with Crippen molar-refractivity contribution in [1.82, 2.24) is 9.97 Å². The number of aliphatic hydroxyl groups is 1. The van der Waals surface area contributed by atoms with Gasteiger partial charge in [0.25, 0.3) is 0 Å². The molecule has 0 bridgehead atoms. The van der Waals surface area contributed by atoms with Gasteiger partial charge >= 0.3 is 0 Å². The van der Waals surface area contributed by atoms with Crippen LogP contribution in [0.2, 0.25) is 0 Å². The van der Waals surface area contributed by atoms with Crippen LogP contribution in [0.5, 0.6) is 0 Å². The number of rotatable bonds is 5. The zero-order valence-electron chi connectivity index (χ0n) is 12.0. The maximum atomic E-state index is 10.6. The summed E-state index contributed by atoms with van der Waals surface area (Å²) in [5.41, 5.74) is 0.00554. The average Bonchev–Trinajstić information content (AvgIpc) is 3.15. The second kappa shape index (κ2) is 5.71. The average molecular weight is 319 g/mol. The van der Waals surface area contributed by atoms with Crippen molar-refractivity contribution in [2.24, 2.45) is 0 Å². The first-order chi connectivity index (χ1) is 10.1. The largest absolute Gasteiger partial charge is 0.384 e. The third-order valence-corrected chi connectivity index (χ3v) is 4.92. The van der Waals surface area contributed by atoms with Crippen LogP contribution in [0.4, 0.5) is 5.82 Å². The number of fused-ring (bicyclic) bond motifs is 1. The van der Waals surface area contributed by atoms with Crippen LogP contribution >= 0.6 is 22.7 Å². The fraction of sp³-hybridized carbons (Fsp3) is 0.333. The quantitative estimate of drug-likeness (QED) is 0.754. The number of anilines is 1. The summed E-state index contributed by atoms with van der Waals surface area (Å²) in [7, 11) is 0. The molecule has 1 atom stereocenters. The predicted octanol–water partition coefficient (Wildman–Crippen LogP) is 3.63. The Balaban J connectivity index is 1.86. The summed E-state index contributed by atoms with van der Waals surface area (Å²) in [5.74, 6) is 1.62. The van der Waals surface area contributed by atoms with Crippen molar-refractivity contribution in [1.29, 1.82) is 0 Å². The molecule has 2 N–H and O–H groups in total. The first kappa shape index (κ1) is 14.4. The van der Waals surface area contributed by atoms with Gasteiger partial charge in [0.05, 0.1) is 5.39 Å². The molecule has 110 valence electrons. The molecule has 3 rings (SSSR count). The Morgan fingerprint density at radius 1 is 1.29 bits per heavy atom. The second-order valence-corrected chi connectivity index (χ2v) is 6.80. The molecule has 0 aliphatic rings. The van der Waals surface area contributed by atoms with Crippen LogP contribution in [0.3, 0.4) is 0 Å². The zero-order valence-corrected chi connectivity index (χ0v) is 13.6. The minimum absolute atomic E-state index is 0.412. The minimum Gasteiger partial charge on any atom is -0.384 e. The van der Waals surface area contributed by atoms with Crippen LogP contribution < -0.4 is 5.32 Å². The van der Waals surface area contributed by atoms with Gasteiger partial charge in [-0.1, -0.05) is 6.92 Å². The Morgan fingerprint density at radius 3 is 2.86 bits per heavy atom. The van der Waals surface area contributed by atoms with Crippen LogP contribution in [0.25, 0.3) is 10.2 Å². The highest BCUT2D eigenvalue weighted by Crippen LogP contribution is 2.28. The van der Waals surface area contributed by atoms with Crippen molar-refractivity contribution in [2.75, 3.05) is 11.9 Å². The molecule has 3 aromatic heterocycles. The van der Waals surface area contributed by atoms with Crippen LogP contribution in [-0.4, -0.2) is 21.6 Å². The van der Waals surface area contributed by atoms with Crippen molar-refractivity contribution in [2.45, 2.75) is 25.9 Å². The van der Waals surface area contributed by atoms with Crippen molar-refractivity contribution < 1.29 is 5.11 Å². The van der Waals surface area contributed by atoms with E-state index in [0.29, 0.717) is 6.54 Å². The van der Waals surface area contributed by atoms with Crippen LogP contribution in [-0.2, 0) is 12.0 Å². The van der Waals surface area contributed by atoms with E-state index in [9.17, 15) is 5.11 Å². The highest BCUT2D eigenvalue weighted by molar-refractivity contribution is 7.16. The fourth-order valence-electron chi connectivity index (χ4n) is 2.12.